The Hall–Kier alpha value is -1.52. The molecule has 0 bridgehead atoms. The summed E-state index contributed by atoms with van der Waals surface area (Å²) in [5, 5.41) is 10.5. The van der Waals surface area contributed by atoms with Gasteiger partial charge in [-0.25, -0.2) is 4.98 Å². The molecule has 18 heavy (non-hydrogen) atoms. The number of phenols is 1. The van der Waals surface area contributed by atoms with Gasteiger partial charge in [0.05, 0.1) is 16.1 Å². The lowest BCUT2D eigenvalue weighted by Gasteiger charge is -2.01. The number of imidazole rings is 1. The topological polar surface area (TPSA) is 48.9 Å². The Kier molecular flexibility index (Phi) is 2.76. The van der Waals surface area contributed by atoms with E-state index in [-0.39, 0.29) is 5.75 Å². The van der Waals surface area contributed by atoms with Crippen LogP contribution in [0.15, 0.2) is 40.9 Å². The normalized spacial score (nSPS) is 11.0. The number of rotatable bonds is 1. The van der Waals surface area contributed by atoms with Gasteiger partial charge in [-0.3, -0.25) is 0 Å². The van der Waals surface area contributed by atoms with Crippen LogP contribution in [-0.2, 0) is 0 Å². The number of aromatic nitrogens is 2. The van der Waals surface area contributed by atoms with Crippen molar-refractivity contribution in [3.05, 3.63) is 45.9 Å². The molecule has 3 aromatic rings. The van der Waals surface area contributed by atoms with Gasteiger partial charge in [-0.15, -0.1) is 0 Å². The van der Waals surface area contributed by atoms with E-state index in [1.54, 1.807) is 24.3 Å². The minimum atomic E-state index is 0.174. The molecule has 0 aliphatic rings. The maximum atomic E-state index is 9.87. The smallest absolute Gasteiger partial charge is 0.142 e. The predicted octanol–water partition coefficient (Wildman–Crippen LogP) is 4.35. The lowest BCUT2D eigenvalue weighted by atomic mass is 10.2. The molecule has 5 heteroatoms. The summed E-state index contributed by atoms with van der Waals surface area (Å²) in [5.74, 6) is 0.769. The van der Waals surface area contributed by atoms with Crippen molar-refractivity contribution in [2.45, 2.75) is 0 Å². The number of aromatic hydroxyl groups is 1. The summed E-state index contributed by atoms with van der Waals surface area (Å²) in [7, 11) is 0. The monoisotopic (exact) mass is 322 g/mol. The average Bonchev–Trinajstić information content (AvgIpc) is 2.77. The molecule has 0 atom stereocenters. The SMILES string of the molecule is Oc1ccc(Br)cc1-c1nc2c(Cl)cccc2[nH]1. The molecule has 0 fully saturated rings. The van der Waals surface area contributed by atoms with Crippen LogP contribution in [0.3, 0.4) is 0 Å². The van der Waals surface area contributed by atoms with Crippen molar-refractivity contribution in [2.75, 3.05) is 0 Å². The number of phenolic OH excluding ortho intramolecular Hbond substituents is 1. The lowest BCUT2D eigenvalue weighted by Crippen LogP contribution is -1.81. The second-order valence-corrected chi connectivity index (χ2v) is 5.21. The molecule has 0 spiro atoms. The summed E-state index contributed by atoms with van der Waals surface area (Å²) < 4.78 is 0.877. The number of hydrogen-bond donors (Lipinski definition) is 2. The van der Waals surface area contributed by atoms with E-state index in [2.05, 4.69) is 25.9 Å². The van der Waals surface area contributed by atoms with Crippen LogP contribution in [0, 0.1) is 0 Å². The molecule has 0 saturated carbocycles. The Morgan fingerprint density at radius 2 is 2.06 bits per heavy atom. The minimum Gasteiger partial charge on any atom is -0.507 e. The highest BCUT2D eigenvalue weighted by Crippen LogP contribution is 2.32. The standard InChI is InChI=1S/C13H8BrClN2O/c14-7-4-5-11(18)8(6-7)13-16-10-3-1-2-9(15)12(10)17-13/h1-6,18H,(H,16,17). The van der Waals surface area contributed by atoms with Gasteiger partial charge in [0.2, 0.25) is 0 Å². The summed E-state index contributed by atoms with van der Waals surface area (Å²) in [6, 6.07) is 10.7. The van der Waals surface area contributed by atoms with Crippen molar-refractivity contribution in [2.24, 2.45) is 0 Å². The maximum absolute atomic E-state index is 9.87. The molecule has 90 valence electrons. The molecule has 1 aromatic heterocycles. The zero-order chi connectivity index (χ0) is 12.7. The Morgan fingerprint density at radius 3 is 2.83 bits per heavy atom. The number of H-pyrrole nitrogens is 1. The van der Waals surface area contributed by atoms with Gasteiger partial charge in [0.25, 0.3) is 0 Å². The van der Waals surface area contributed by atoms with E-state index in [9.17, 15) is 5.11 Å². The number of fused-ring (bicyclic) bond motifs is 1. The van der Waals surface area contributed by atoms with Gasteiger partial charge in [-0.2, -0.15) is 0 Å². The minimum absolute atomic E-state index is 0.174. The fourth-order valence-corrected chi connectivity index (χ4v) is 2.40. The summed E-state index contributed by atoms with van der Waals surface area (Å²) in [5.41, 5.74) is 2.18. The quantitative estimate of drug-likeness (QED) is 0.699. The van der Waals surface area contributed by atoms with Crippen LogP contribution in [0.2, 0.25) is 5.02 Å². The number of halogens is 2. The van der Waals surface area contributed by atoms with E-state index in [1.165, 1.54) is 0 Å². The van der Waals surface area contributed by atoms with Crippen molar-refractivity contribution in [1.82, 2.24) is 9.97 Å². The summed E-state index contributed by atoms with van der Waals surface area (Å²) in [6.07, 6.45) is 0. The van der Waals surface area contributed by atoms with Gasteiger partial charge in [0.1, 0.15) is 17.1 Å². The van der Waals surface area contributed by atoms with Crippen LogP contribution in [-0.4, -0.2) is 15.1 Å². The Morgan fingerprint density at radius 1 is 1.22 bits per heavy atom. The van der Waals surface area contributed by atoms with Crippen molar-refractivity contribution >= 4 is 38.6 Å². The van der Waals surface area contributed by atoms with Crippen LogP contribution < -0.4 is 0 Å². The van der Waals surface area contributed by atoms with E-state index in [0.29, 0.717) is 21.9 Å². The predicted molar refractivity (Wildman–Crippen MR) is 75.9 cm³/mol. The summed E-state index contributed by atoms with van der Waals surface area (Å²) in [4.78, 5) is 7.56. The van der Waals surface area contributed by atoms with E-state index in [0.717, 1.165) is 9.99 Å². The molecule has 0 amide bonds. The van der Waals surface area contributed by atoms with Gasteiger partial charge in [-0.05, 0) is 30.3 Å². The fourth-order valence-electron chi connectivity index (χ4n) is 1.82. The summed E-state index contributed by atoms with van der Waals surface area (Å²) in [6.45, 7) is 0. The molecule has 0 saturated heterocycles. The number of para-hydroxylation sites is 1. The number of hydrogen-bond acceptors (Lipinski definition) is 2. The highest BCUT2D eigenvalue weighted by molar-refractivity contribution is 9.10. The third-order valence-corrected chi connectivity index (χ3v) is 3.48. The molecule has 0 aliphatic carbocycles. The molecule has 3 nitrogen and oxygen atoms in total. The largest absolute Gasteiger partial charge is 0.507 e. The number of benzene rings is 2. The third-order valence-electron chi connectivity index (χ3n) is 2.68. The molecule has 0 aliphatic heterocycles. The first-order chi connectivity index (χ1) is 8.65. The molecule has 1 heterocycles. The number of nitrogens with zero attached hydrogens (tertiary/aromatic N) is 1. The second-order valence-electron chi connectivity index (χ2n) is 3.88. The van der Waals surface area contributed by atoms with Gasteiger partial charge in [-0.1, -0.05) is 33.6 Å². The second kappa shape index (κ2) is 4.30. The first kappa shape index (κ1) is 11.6. The van der Waals surface area contributed by atoms with Crippen LogP contribution in [0.25, 0.3) is 22.4 Å². The van der Waals surface area contributed by atoms with Crippen molar-refractivity contribution < 1.29 is 5.11 Å². The van der Waals surface area contributed by atoms with Crippen molar-refractivity contribution in [3.63, 3.8) is 0 Å². The van der Waals surface area contributed by atoms with Gasteiger partial charge >= 0.3 is 0 Å². The van der Waals surface area contributed by atoms with Crippen LogP contribution >= 0.6 is 27.5 Å². The molecule has 3 rings (SSSR count). The van der Waals surface area contributed by atoms with Crippen LogP contribution in [0.1, 0.15) is 0 Å². The first-order valence-electron chi connectivity index (χ1n) is 5.28. The Balaban J connectivity index is 2.26. The van der Waals surface area contributed by atoms with Crippen molar-refractivity contribution in [3.8, 4) is 17.1 Å². The van der Waals surface area contributed by atoms with E-state index < -0.39 is 0 Å². The third kappa shape index (κ3) is 1.87. The molecular formula is C13H8BrClN2O. The molecule has 0 radical (unpaired) electrons. The average molecular weight is 324 g/mol. The molecule has 2 aromatic carbocycles. The van der Waals surface area contributed by atoms with E-state index >= 15 is 0 Å². The zero-order valence-electron chi connectivity index (χ0n) is 9.11. The van der Waals surface area contributed by atoms with Gasteiger partial charge in [0, 0.05) is 4.47 Å². The maximum Gasteiger partial charge on any atom is 0.142 e. The van der Waals surface area contributed by atoms with Crippen LogP contribution in [0.5, 0.6) is 5.75 Å². The summed E-state index contributed by atoms with van der Waals surface area (Å²) >= 11 is 9.45. The van der Waals surface area contributed by atoms with Gasteiger partial charge in [0.15, 0.2) is 0 Å². The molecule has 2 N–H and O–H groups in total. The fraction of sp³-hybridized carbons (Fsp3) is 0. The van der Waals surface area contributed by atoms with Crippen LogP contribution in [0.4, 0.5) is 0 Å². The molecular weight excluding hydrogens is 316 g/mol. The van der Waals surface area contributed by atoms with Gasteiger partial charge < -0.3 is 10.1 Å². The Labute approximate surface area is 117 Å². The number of nitrogens with one attached hydrogen (secondary N) is 1. The van der Waals surface area contributed by atoms with E-state index in [1.807, 2.05) is 12.1 Å². The highest BCUT2D eigenvalue weighted by Gasteiger charge is 2.11. The Bertz CT molecular complexity index is 739. The lowest BCUT2D eigenvalue weighted by molar-refractivity contribution is 0.477. The number of aromatic amines is 1. The molecule has 0 unspecified atom stereocenters. The first-order valence-corrected chi connectivity index (χ1v) is 6.45. The van der Waals surface area contributed by atoms with Crippen molar-refractivity contribution in [1.29, 1.82) is 0 Å². The zero-order valence-corrected chi connectivity index (χ0v) is 11.5. The van der Waals surface area contributed by atoms with E-state index in [4.69, 9.17) is 11.6 Å². The highest BCUT2D eigenvalue weighted by atomic mass is 79.9.